The average molecular weight is 437 g/mol. The Kier molecular flexibility index (Phi) is 6.43. The molecule has 0 saturated heterocycles. The van der Waals surface area contributed by atoms with E-state index in [-0.39, 0.29) is 0 Å². The highest BCUT2D eigenvalue weighted by molar-refractivity contribution is 9.10. The molecule has 0 aliphatic carbocycles. The fraction of sp³-hybridized carbons (Fsp3) is 0.200. The number of halogens is 3. The topological polar surface area (TPSA) is 20.2 Å². The van der Waals surface area contributed by atoms with E-state index in [1.165, 1.54) is 0 Å². The molecule has 2 aromatic carbocycles. The van der Waals surface area contributed by atoms with Gasteiger partial charge in [0.15, 0.2) is 0 Å². The van der Waals surface area contributed by atoms with Crippen molar-refractivity contribution in [3.05, 3.63) is 62.0 Å². The van der Waals surface area contributed by atoms with E-state index in [9.17, 15) is 5.11 Å². The van der Waals surface area contributed by atoms with Crippen LogP contribution in [0.2, 0.25) is 5.02 Å². The minimum atomic E-state index is -0.425. The molecule has 0 amide bonds. The molecule has 5 heteroatoms. The second-order valence-corrected chi connectivity index (χ2v) is 7.57. The molecule has 1 nitrogen and oxygen atoms in total. The van der Waals surface area contributed by atoms with Gasteiger partial charge in [0.05, 0.1) is 6.10 Å². The zero-order chi connectivity index (χ0) is 14.5. The summed E-state index contributed by atoms with van der Waals surface area (Å²) >= 11 is 14.7. The standard InChI is InChI=1S/C15H13Br2ClOS/c16-11-6-5-10(14(18)8-11)7-12(19)9-20-15-4-2-1-3-13(15)17/h1-6,8,12,19H,7,9H2. The average Bonchev–Trinajstić information content (AvgIpc) is 2.41. The van der Waals surface area contributed by atoms with Gasteiger partial charge in [0.1, 0.15) is 0 Å². The number of hydrogen-bond donors (Lipinski definition) is 1. The summed E-state index contributed by atoms with van der Waals surface area (Å²) in [6.45, 7) is 0. The predicted octanol–water partition coefficient (Wildman–Crippen LogP) is 5.56. The molecule has 0 radical (unpaired) electrons. The first-order valence-corrected chi connectivity index (χ1v) is 9.00. The highest BCUT2D eigenvalue weighted by Gasteiger charge is 2.10. The molecule has 106 valence electrons. The van der Waals surface area contributed by atoms with Gasteiger partial charge in [-0.05, 0) is 45.8 Å². The number of hydrogen-bond acceptors (Lipinski definition) is 2. The van der Waals surface area contributed by atoms with Gasteiger partial charge in [-0.25, -0.2) is 0 Å². The van der Waals surface area contributed by atoms with Gasteiger partial charge in [-0.15, -0.1) is 11.8 Å². The van der Waals surface area contributed by atoms with E-state index in [1.54, 1.807) is 11.8 Å². The monoisotopic (exact) mass is 434 g/mol. The van der Waals surface area contributed by atoms with Gasteiger partial charge in [0, 0.05) is 31.0 Å². The Hall–Kier alpha value is -0.0000000000000000555. The summed E-state index contributed by atoms with van der Waals surface area (Å²) in [4.78, 5) is 1.13. The van der Waals surface area contributed by atoms with Crippen molar-refractivity contribution in [2.75, 3.05) is 5.75 Å². The van der Waals surface area contributed by atoms with Crippen LogP contribution in [-0.4, -0.2) is 17.0 Å². The Morgan fingerprint density at radius 3 is 2.60 bits per heavy atom. The molecule has 0 aromatic heterocycles. The quantitative estimate of drug-likeness (QED) is 0.619. The van der Waals surface area contributed by atoms with E-state index in [4.69, 9.17) is 11.6 Å². The molecule has 1 atom stereocenters. The van der Waals surface area contributed by atoms with Crippen LogP contribution in [0.3, 0.4) is 0 Å². The van der Waals surface area contributed by atoms with Crippen LogP contribution in [-0.2, 0) is 6.42 Å². The van der Waals surface area contributed by atoms with Crippen LogP contribution in [0.5, 0.6) is 0 Å². The van der Waals surface area contributed by atoms with E-state index < -0.39 is 6.10 Å². The van der Waals surface area contributed by atoms with E-state index in [2.05, 4.69) is 31.9 Å². The molecular weight excluding hydrogens is 423 g/mol. The lowest BCUT2D eigenvalue weighted by Gasteiger charge is -2.12. The van der Waals surface area contributed by atoms with Gasteiger partial charge in [-0.2, -0.15) is 0 Å². The Labute approximate surface area is 145 Å². The number of aliphatic hydroxyl groups is 1. The minimum Gasteiger partial charge on any atom is -0.392 e. The summed E-state index contributed by atoms with van der Waals surface area (Å²) in [6.07, 6.45) is 0.134. The zero-order valence-corrected chi connectivity index (χ0v) is 15.3. The summed E-state index contributed by atoms with van der Waals surface area (Å²) in [5, 5.41) is 10.8. The largest absolute Gasteiger partial charge is 0.392 e. The highest BCUT2D eigenvalue weighted by atomic mass is 79.9. The molecule has 20 heavy (non-hydrogen) atoms. The van der Waals surface area contributed by atoms with E-state index >= 15 is 0 Å². The Morgan fingerprint density at radius 2 is 1.90 bits per heavy atom. The van der Waals surface area contributed by atoms with Crippen molar-refractivity contribution in [3.63, 3.8) is 0 Å². The lowest BCUT2D eigenvalue weighted by atomic mass is 10.1. The Balaban J connectivity index is 1.92. The molecule has 0 saturated carbocycles. The predicted molar refractivity (Wildman–Crippen MR) is 93.7 cm³/mol. The van der Waals surface area contributed by atoms with Crippen molar-refractivity contribution in [1.29, 1.82) is 0 Å². The Bertz CT molecular complexity index is 592. The number of benzene rings is 2. The number of thioether (sulfide) groups is 1. The molecule has 1 unspecified atom stereocenters. The van der Waals surface area contributed by atoms with Crippen molar-refractivity contribution in [2.24, 2.45) is 0 Å². The van der Waals surface area contributed by atoms with E-state index in [0.717, 1.165) is 19.4 Å². The normalized spacial score (nSPS) is 12.4. The van der Waals surface area contributed by atoms with Crippen molar-refractivity contribution < 1.29 is 5.11 Å². The molecule has 0 aliphatic rings. The minimum absolute atomic E-state index is 0.425. The third kappa shape index (κ3) is 4.78. The SMILES string of the molecule is OC(CSc1ccccc1Br)Cc1ccc(Br)cc1Cl. The lowest BCUT2D eigenvalue weighted by Crippen LogP contribution is -2.13. The van der Waals surface area contributed by atoms with Gasteiger partial charge < -0.3 is 5.11 Å². The van der Waals surface area contributed by atoms with Crippen LogP contribution in [0.1, 0.15) is 5.56 Å². The molecule has 2 aromatic rings. The van der Waals surface area contributed by atoms with Crippen LogP contribution < -0.4 is 0 Å². The van der Waals surface area contributed by atoms with Crippen LogP contribution in [0, 0.1) is 0 Å². The first-order valence-electron chi connectivity index (χ1n) is 6.05. The maximum absolute atomic E-state index is 10.1. The summed E-state index contributed by atoms with van der Waals surface area (Å²) in [7, 11) is 0. The van der Waals surface area contributed by atoms with E-state index in [0.29, 0.717) is 17.2 Å². The molecule has 1 N–H and O–H groups in total. The van der Waals surface area contributed by atoms with Gasteiger partial charge in [0.25, 0.3) is 0 Å². The van der Waals surface area contributed by atoms with Gasteiger partial charge in [0.2, 0.25) is 0 Å². The van der Waals surface area contributed by atoms with Crippen LogP contribution >= 0.6 is 55.2 Å². The first kappa shape index (κ1) is 16.4. The second kappa shape index (κ2) is 7.85. The molecule has 2 rings (SSSR count). The Morgan fingerprint density at radius 1 is 1.15 bits per heavy atom. The maximum atomic E-state index is 10.1. The van der Waals surface area contributed by atoms with Crippen LogP contribution in [0.25, 0.3) is 0 Å². The summed E-state index contributed by atoms with van der Waals surface area (Å²) in [5.41, 5.74) is 0.968. The van der Waals surface area contributed by atoms with Crippen molar-refractivity contribution in [3.8, 4) is 0 Å². The van der Waals surface area contributed by atoms with Crippen LogP contribution in [0.15, 0.2) is 56.3 Å². The number of rotatable bonds is 5. The van der Waals surface area contributed by atoms with Crippen molar-refractivity contribution in [1.82, 2.24) is 0 Å². The lowest BCUT2D eigenvalue weighted by molar-refractivity contribution is 0.200. The molecule has 0 fully saturated rings. The fourth-order valence-electron chi connectivity index (χ4n) is 1.75. The number of aliphatic hydroxyl groups excluding tert-OH is 1. The molecule has 0 bridgehead atoms. The molecule has 0 heterocycles. The summed E-state index contributed by atoms with van der Waals surface area (Å²) in [6, 6.07) is 13.7. The third-order valence-electron chi connectivity index (χ3n) is 2.74. The summed E-state index contributed by atoms with van der Waals surface area (Å²) in [5.74, 6) is 0.634. The van der Waals surface area contributed by atoms with Crippen LogP contribution in [0.4, 0.5) is 0 Å². The van der Waals surface area contributed by atoms with E-state index in [1.807, 2.05) is 42.5 Å². The van der Waals surface area contributed by atoms with Crippen molar-refractivity contribution >= 4 is 55.2 Å². The molecular formula is C15H13Br2ClOS. The van der Waals surface area contributed by atoms with Gasteiger partial charge in [-0.1, -0.05) is 45.7 Å². The summed E-state index contributed by atoms with van der Waals surface area (Å²) < 4.78 is 2.00. The third-order valence-corrected chi connectivity index (χ3v) is 5.76. The smallest absolute Gasteiger partial charge is 0.0674 e. The first-order chi connectivity index (χ1) is 9.56. The fourth-order valence-corrected chi connectivity index (χ4v) is 4.00. The maximum Gasteiger partial charge on any atom is 0.0674 e. The molecule has 0 spiro atoms. The van der Waals surface area contributed by atoms with Gasteiger partial charge in [-0.3, -0.25) is 0 Å². The van der Waals surface area contributed by atoms with Gasteiger partial charge >= 0.3 is 0 Å². The zero-order valence-electron chi connectivity index (χ0n) is 10.5. The van der Waals surface area contributed by atoms with Crippen molar-refractivity contribution in [2.45, 2.75) is 17.4 Å². The molecule has 0 aliphatic heterocycles. The second-order valence-electron chi connectivity index (χ2n) is 4.34. The highest BCUT2D eigenvalue weighted by Crippen LogP contribution is 2.28.